The lowest BCUT2D eigenvalue weighted by Gasteiger charge is -2.42. The van der Waals surface area contributed by atoms with Crippen LogP contribution < -0.4 is 0 Å². The van der Waals surface area contributed by atoms with Crippen LogP contribution in [0.1, 0.15) is 22.8 Å². The number of nitrogens with zero attached hydrogens (tertiary/aromatic N) is 1. The largest absolute Gasteiger partial charge is 0.196 e. The fraction of sp³-hybridized carbons (Fsp3) is 0.188. The van der Waals surface area contributed by atoms with Crippen molar-refractivity contribution >= 4 is 35.0 Å². The third-order valence-corrected chi connectivity index (χ3v) is 5.67. The average Bonchev–Trinajstić information content (AvgIpc) is 2.42. The molecule has 0 spiro atoms. The molecular formula is C16H11Cl2NS. The molecule has 0 bridgehead atoms. The van der Waals surface area contributed by atoms with E-state index in [0.29, 0.717) is 10.3 Å². The minimum absolute atomic E-state index is 0.350. The van der Waals surface area contributed by atoms with Crippen molar-refractivity contribution in [1.82, 2.24) is 0 Å². The third-order valence-electron chi connectivity index (χ3n) is 3.55. The van der Waals surface area contributed by atoms with Gasteiger partial charge < -0.3 is 0 Å². The second-order valence-electron chi connectivity index (χ2n) is 4.81. The van der Waals surface area contributed by atoms with E-state index in [1.54, 1.807) is 11.8 Å². The molecule has 0 amide bonds. The van der Waals surface area contributed by atoms with E-state index in [4.69, 9.17) is 23.2 Å². The van der Waals surface area contributed by atoms with Gasteiger partial charge in [-0.05, 0) is 41.8 Å². The highest BCUT2D eigenvalue weighted by molar-refractivity contribution is 8.02. The van der Waals surface area contributed by atoms with Crippen LogP contribution in [0.25, 0.3) is 0 Å². The zero-order valence-electron chi connectivity index (χ0n) is 10.5. The molecule has 1 aliphatic rings. The summed E-state index contributed by atoms with van der Waals surface area (Å²) in [6.07, 6.45) is 0.817. The van der Waals surface area contributed by atoms with Crippen LogP contribution in [0.5, 0.6) is 0 Å². The van der Waals surface area contributed by atoms with E-state index in [1.165, 1.54) is 5.56 Å². The van der Waals surface area contributed by atoms with Gasteiger partial charge in [0.05, 0.1) is 6.07 Å². The molecule has 0 radical (unpaired) electrons. The molecular weight excluding hydrogens is 309 g/mol. The van der Waals surface area contributed by atoms with E-state index < -0.39 is 4.75 Å². The van der Waals surface area contributed by atoms with Crippen LogP contribution in [0, 0.1) is 11.3 Å². The first-order valence-electron chi connectivity index (χ1n) is 6.23. The molecule has 2 aromatic carbocycles. The van der Waals surface area contributed by atoms with E-state index in [2.05, 4.69) is 6.07 Å². The summed E-state index contributed by atoms with van der Waals surface area (Å²) < 4.78 is -0.450. The second kappa shape index (κ2) is 5.33. The Hall–Kier alpha value is -1.14. The van der Waals surface area contributed by atoms with Crippen LogP contribution in [0.3, 0.4) is 0 Å². The van der Waals surface area contributed by atoms with E-state index in [9.17, 15) is 5.26 Å². The Labute approximate surface area is 132 Å². The highest BCUT2D eigenvalue weighted by Gasteiger charge is 2.47. The summed E-state index contributed by atoms with van der Waals surface area (Å²) in [6, 6.07) is 17.9. The zero-order valence-corrected chi connectivity index (χ0v) is 12.8. The standard InChI is InChI=1S/C16H11Cl2NS/c17-13-5-1-11(2-6-13)15-9-16(10-19,20-15)12-3-7-14(18)8-4-12/h1-8,15H,9H2/t15-,16+/m0/s1. The van der Waals surface area contributed by atoms with Gasteiger partial charge in [0.2, 0.25) is 0 Å². The maximum atomic E-state index is 9.54. The van der Waals surface area contributed by atoms with Gasteiger partial charge >= 0.3 is 0 Å². The molecule has 0 aromatic heterocycles. The van der Waals surface area contributed by atoms with Crippen molar-refractivity contribution in [3.05, 3.63) is 69.7 Å². The van der Waals surface area contributed by atoms with Crippen molar-refractivity contribution < 1.29 is 0 Å². The molecule has 2 aromatic rings. The van der Waals surface area contributed by atoms with Crippen molar-refractivity contribution in [2.24, 2.45) is 0 Å². The third kappa shape index (κ3) is 2.42. The van der Waals surface area contributed by atoms with Crippen LogP contribution in [0.2, 0.25) is 10.0 Å². The first-order chi connectivity index (χ1) is 9.63. The Balaban J connectivity index is 1.81. The lowest BCUT2D eigenvalue weighted by Crippen LogP contribution is -2.32. The normalized spacial score (nSPS) is 24.8. The van der Waals surface area contributed by atoms with Gasteiger partial charge in [-0.3, -0.25) is 0 Å². The fourth-order valence-electron chi connectivity index (χ4n) is 2.40. The number of thioether (sulfide) groups is 1. The molecule has 1 heterocycles. The van der Waals surface area contributed by atoms with Gasteiger partial charge in [-0.2, -0.15) is 5.26 Å². The summed E-state index contributed by atoms with van der Waals surface area (Å²) in [6.45, 7) is 0. The van der Waals surface area contributed by atoms with Crippen LogP contribution in [-0.2, 0) is 4.75 Å². The van der Waals surface area contributed by atoms with E-state index in [1.807, 2.05) is 48.5 Å². The first-order valence-corrected chi connectivity index (χ1v) is 7.87. The number of nitriles is 1. The highest BCUT2D eigenvalue weighted by atomic mass is 35.5. The van der Waals surface area contributed by atoms with Crippen molar-refractivity contribution in [3.63, 3.8) is 0 Å². The molecule has 3 rings (SSSR count). The Morgan fingerprint density at radius 3 is 2.00 bits per heavy atom. The summed E-state index contributed by atoms with van der Waals surface area (Å²) >= 11 is 13.5. The van der Waals surface area contributed by atoms with Crippen LogP contribution in [0.4, 0.5) is 0 Å². The molecule has 1 fully saturated rings. The van der Waals surface area contributed by atoms with Gasteiger partial charge in [-0.15, -0.1) is 11.8 Å². The van der Waals surface area contributed by atoms with Crippen LogP contribution in [-0.4, -0.2) is 0 Å². The Kier molecular flexibility index (Phi) is 3.69. The summed E-state index contributed by atoms with van der Waals surface area (Å²) in [4.78, 5) is 0. The van der Waals surface area contributed by atoms with E-state index in [0.717, 1.165) is 17.0 Å². The van der Waals surface area contributed by atoms with Crippen molar-refractivity contribution in [3.8, 4) is 6.07 Å². The van der Waals surface area contributed by atoms with Gasteiger partial charge in [-0.25, -0.2) is 0 Å². The summed E-state index contributed by atoms with van der Waals surface area (Å²) in [5.74, 6) is 0. The van der Waals surface area contributed by atoms with Crippen molar-refractivity contribution in [2.45, 2.75) is 16.4 Å². The Morgan fingerprint density at radius 1 is 1.00 bits per heavy atom. The maximum Gasteiger partial charge on any atom is 0.129 e. The van der Waals surface area contributed by atoms with Gasteiger partial charge in [0, 0.05) is 15.3 Å². The maximum absolute atomic E-state index is 9.54. The monoisotopic (exact) mass is 319 g/mol. The number of rotatable bonds is 2. The lowest BCUT2D eigenvalue weighted by molar-refractivity contribution is 0.617. The summed E-state index contributed by atoms with van der Waals surface area (Å²) in [7, 11) is 0. The summed E-state index contributed by atoms with van der Waals surface area (Å²) in [5, 5.41) is 11.3. The zero-order chi connectivity index (χ0) is 14.2. The van der Waals surface area contributed by atoms with E-state index >= 15 is 0 Å². The first kappa shape index (κ1) is 13.8. The number of hydrogen-bond acceptors (Lipinski definition) is 2. The summed E-state index contributed by atoms with van der Waals surface area (Å²) in [5.41, 5.74) is 2.25. The minimum atomic E-state index is -0.450. The van der Waals surface area contributed by atoms with Gasteiger partial charge in [-0.1, -0.05) is 47.5 Å². The van der Waals surface area contributed by atoms with Crippen molar-refractivity contribution in [2.75, 3.05) is 0 Å². The average molecular weight is 320 g/mol. The van der Waals surface area contributed by atoms with Crippen LogP contribution >= 0.6 is 35.0 Å². The molecule has 4 heteroatoms. The lowest BCUT2D eigenvalue weighted by atomic mass is 9.90. The Morgan fingerprint density at radius 2 is 1.50 bits per heavy atom. The predicted octanol–water partition coefficient (Wildman–Crippen LogP) is 5.59. The fourth-order valence-corrected chi connectivity index (χ4v) is 4.05. The Bertz CT molecular complexity index is 652. The van der Waals surface area contributed by atoms with Gasteiger partial charge in [0.15, 0.2) is 0 Å². The van der Waals surface area contributed by atoms with Gasteiger partial charge in [0.1, 0.15) is 4.75 Å². The molecule has 100 valence electrons. The molecule has 0 aliphatic carbocycles. The van der Waals surface area contributed by atoms with E-state index in [-0.39, 0.29) is 0 Å². The highest BCUT2D eigenvalue weighted by Crippen LogP contribution is 2.61. The number of hydrogen-bond donors (Lipinski definition) is 0. The molecule has 0 unspecified atom stereocenters. The molecule has 20 heavy (non-hydrogen) atoms. The number of halogens is 2. The molecule has 0 N–H and O–H groups in total. The second-order valence-corrected chi connectivity index (χ2v) is 7.18. The molecule has 0 saturated carbocycles. The molecule has 1 saturated heterocycles. The SMILES string of the molecule is N#C[C@@]1(c2ccc(Cl)cc2)C[C@@H](c2ccc(Cl)cc2)S1. The molecule has 2 atom stereocenters. The smallest absolute Gasteiger partial charge is 0.129 e. The predicted molar refractivity (Wildman–Crippen MR) is 85.1 cm³/mol. The van der Waals surface area contributed by atoms with Gasteiger partial charge in [0.25, 0.3) is 0 Å². The number of benzene rings is 2. The van der Waals surface area contributed by atoms with Crippen molar-refractivity contribution in [1.29, 1.82) is 5.26 Å². The quantitative estimate of drug-likeness (QED) is 0.720. The molecule has 1 aliphatic heterocycles. The minimum Gasteiger partial charge on any atom is -0.196 e. The topological polar surface area (TPSA) is 23.8 Å². The van der Waals surface area contributed by atoms with Crippen LogP contribution in [0.15, 0.2) is 48.5 Å². The molecule has 1 nitrogen and oxygen atoms in total.